The van der Waals surface area contributed by atoms with Crippen LogP contribution in [0.1, 0.15) is 50.3 Å². The summed E-state index contributed by atoms with van der Waals surface area (Å²) in [5.74, 6) is -1.32. The van der Waals surface area contributed by atoms with Gasteiger partial charge in [0.1, 0.15) is 16.7 Å². The monoisotopic (exact) mass is 410 g/mol. The Morgan fingerprint density at radius 1 is 1.23 bits per heavy atom. The second-order valence-corrected chi connectivity index (χ2v) is 9.01. The first kappa shape index (κ1) is 20.2. The third kappa shape index (κ3) is 2.61. The summed E-state index contributed by atoms with van der Waals surface area (Å²) in [5.41, 5.74) is 7.15. The Labute approximate surface area is 175 Å². The molecule has 3 aliphatic rings. The average Bonchev–Trinajstić information content (AvgIpc) is 2.87. The van der Waals surface area contributed by atoms with E-state index in [0.717, 1.165) is 11.1 Å². The Morgan fingerprint density at radius 3 is 2.60 bits per heavy atom. The molecule has 0 fully saturated rings. The summed E-state index contributed by atoms with van der Waals surface area (Å²) >= 11 is 0. The van der Waals surface area contributed by atoms with E-state index in [-0.39, 0.29) is 41.3 Å². The molecule has 7 nitrogen and oxygen atoms in total. The number of rotatable bonds is 2. The number of anilines is 1. The van der Waals surface area contributed by atoms with E-state index in [1.165, 1.54) is 0 Å². The molecule has 1 amide bonds. The van der Waals surface area contributed by atoms with Crippen LogP contribution in [0.2, 0.25) is 0 Å². The maximum atomic E-state index is 13.6. The molecule has 1 spiro atoms. The fourth-order valence-electron chi connectivity index (χ4n) is 4.98. The van der Waals surface area contributed by atoms with Gasteiger partial charge in [0.05, 0.1) is 12.2 Å². The zero-order valence-electron chi connectivity index (χ0n) is 17.9. The van der Waals surface area contributed by atoms with E-state index < -0.39 is 17.3 Å². The van der Waals surface area contributed by atoms with E-state index in [9.17, 15) is 14.4 Å². The first-order chi connectivity index (χ1) is 14.0. The van der Waals surface area contributed by atoms with Crippen molar-refractivity contribution in [2.75, 3.05) is 11.9 Å². The van der Waals surface area contributed by atoms with Crippen LogP contribution in [0.15, 0.2) is 34.9 Å². The van der Waals surface area contributed by atoms with Crippen molar-refractivity contribution < 1.29 is 23.9 Å². The highest BCUT2D eigenvalue weighted by molar-refractivity contribution is 6.23. The Bertz CT molecular complexity index is 1080. The number of benzene rings is 1. The van der Waals surface area contributed by atoms with Gasteiger partial charge in [-0.15, -0.1) is 0 Å². The van der Waals surface area contributed by atoms with Crippen molar-refractivity contribution in [1.29, 1.82) is 0 Å². The van der Waals surface area contributed by atoms with Crippen LogP contribution in [0.3, 0.4) is 0 Å². The zero-order chi connectivity index (χ0) is 22.0. The molecule has 4 rings (SSSR count). The van der Waals surface area contributed by atoms with Gasteiger partial charge in [-0.3, -0.25) is 9.59 Å². The number of nitrogens with two attached hydrogens (primary N) is 1. The molecule has 2 heterocycles. The van der Waals surface area contributed by atoms with Gasteiger partial charge in [-0.05, 0) is 31.7 Å². The second-order valence-electron chi connectivity index (χ2n) is 9.01. The number of Topliss-reactive ketones (excluding diaryl/α,β-unsaturated/α-hetero) is 1. The Morgan fingerprint density at radius 2 is 1.93 bits per heavy atom. The van der Waals surface area contributed by atoms with Crippen molar-refractivity contribution in [2.24, 2.45) is 11.1 Å². The lowest BCUT2D eigenvalue weighted by molar-refractivity contribution is -0.141. The summed E-state index contributed by atoms with van der Waals surface area (Å²) in [5, 5.41) is 2.90. The van der Waals surface area contributed by atoms with Gasteiger partial charge in [-0.2, -0.15) is 0 Å². The molecular weight excluding hydrogens is 384 g/mol. The molecule has 0 saturated heterocycles. The van der Waals surface area contributed by atoms with Crippen LogP contribution < -0.4 is 11.1 Å². The van der Waals surface area contributed by atoms with E-state index in [1.54, 1.807) is 6.92 Å². The molecule has 1 atom stereocenters. The molecule has 1 aromatic carbocycles. The minimum Gasteiger partial charge on any atom is -0.462 e. The molecule has 0 bridgehead atoms. The molecule has 2 aliphatic heterocycles. The van der Waals surface area contributed by atoms with Crippen molar-refractivity contribution in [3.63, 3.8) is 0 Å². The van der Waals surface area contributed by atoms with Crippen LogP contribution in [-0.4, -0.2) is 24.3 Å². The lowest BCUT2D eigenvalue weighted by Crippen LogP contribution is -2.50. The van der Waals surface area contributed by atoms with Crippen molar-refractivity contribution >= 4 is 23.3 Å². The van der Waals surface area contributed by atoms with E-state index in [4.69, 9.17) is 15.2 Å². The molecular formula is C23H26N2O5. The first-order valence-electron chi connectivity index (χ1n) is 10.1. The molecule has 1 aliphatic carbocycles. The third-order valence-electron chi connectivity index (χ3n) is 6.01. The fourth-order valence-corrected chi connectivity index (χ4v) is 4.98. The fraction of sp³-hybridized carbons (Fsp3) is 0.435. The average molecular weight is 410 g/mol. The maximum Gasteiger partial charge on any atom is 0.341 e. The number of hydrogen-bond acceptors (Lipinski definition) is 6. The van der Waals surface area contributed by atoms with Gasteiger partial charge < -0.3 is 20.5 Å². The minimum absolute atomic E-state index is 0.0971. The lowest BCUT2D eigenvalue weighted by Gasteiger charge is -2.42. The van der Waals surface area contributed by atoms with Crippen molar-refractivity contribution in [2.45, 2.75) is 52.9 Å². The number of nitrogens with one attached hydrogen (secondary N) is 1. The van der Waals surface area contributed by atoms with Crippen LogP contribution in [0.25, 0.3) is 0 Å². The predicted molar refractivity (Wildman–Crippen MR) is 110 cm³/mol. The second kappa shape index (κ2) is 6.45. The SMILES string of the molecule is CCOC(=O)C1=C(N)OC2=C(C(=O)CC(C)(C)C2)C12C(=O)Nc1c(C)cc(C)cc12. The van der Waals surface area contributed by atoms with Crippen molar-refractivity contribution in [3.05, 3.63) is 51.6 Å². The van der Waals surface area contributed by atoms with E-state index in [1.807, 2.05) is 39.8 Å². The normalized spacial score (nSPS) is 24.4. The van der Waals surface area contributed by atoms with Gasteiger partial charge >= 0.3 is 5.97 Å². The molecule has 7 heteroatoms. The maximum absolute atomic E-state index is 13.6. The van der Waals surface area contributed by atoms with Crippen LogP contribution in [0.4, 0.5) is 5.69 Å². The number of ketones is 1. The van der Waals surface area contributed by atoms with Gasteiger partial charge in [0.15, 0.2) is 5.78 Å². The van der Waals surface area contributed by atoms with Crippen LogP contribution in [-0.2, 0) is 29.3 Å². The molecule has 0 saturated carbocycles. The van der Waals surface area contributed by atoms with Crippen molar-refractivity contribution in [1.82, 2.24) is 0 Å². The Kier molecular flexibility index (Phi) is 4.34. The summed E-state index contributed by atoms with van der Waals surface area (Å²) in [7, 11) is 0. The quantitative estimate of drug-likeness (QED) is 0.726. The van der Waals surface area contributed by atoms with Crippen LogP contribution >= 0.6 is 0 Å². The summed E-state index contributed by atoms with van der Waals surface area (Å²) in [4.78, 5) is 40.1. The van der Waals surface area contributed by atoms with Crippen LogP contribution in [0.5, 0.6) is 0 Å². The number of fused-ring (bicyclic) bond motifs is 3. The van der Waals surface area contributed by atoms with Gasteiger partial charge in [0.2, 0.25) is 11.8 Å². The third-order valence-corrected chi connectivity index (χ3v) is 6.01. The molecule has 30 heavy (non-hydrogen) atoms. The van der Waals surface area contributed by atoms with E-state index in [2.05, 4.69) is 5.32 Å². The molecule has 1 unspecified atom stereocenters. The number of hydrogen-bond donors (Lipinski definition) is 2. The molecule has 1 aromatic rings. The summed E-state index contributed by atoms with van der Waals surface area (Å²) in [6.45, 7) is 9.47. The lowest BCUT2D eigenvalue weighted by atomic mass is 9.61. The minimum atomic E-state index is -1.68. The smallest absolute Gasteiger partial charge is 0.341 e. The number of esters is 1. The van der Waals surface area contributed by atoms with Crippen LogP contribution in [0, 0.1) is 19.3 Å². The van der Waals surface area contributed by atoms with Gasteiger partial charge in [0, 0.05) is 24.1 Å². The number of carbonyl (C=O) groups excluding carboxylic acids is 3. The molecule has 0 radical (unpaired) electrons. The van der Waals surface area contributed by atoms with E-state index in [0.29, 0.717) is 23.4 Å². The Balaban J connectivity index is 2.11. The largest absolute Gasteiger partial charge is 0.462 e. The number of amides is 1. The summed E-state index contributed by atoms with van der Waals surface area (Å²) in [6.07, 6.45) is 0.667. The van der Waals surface area contributed by atoms with Crippen molar-refractivity contribution in [3.8, 4) is 0 Å². The number of aryl methyl sites for hydroxylation is 2. The van der Waals surface area contributed by atoms with Gasteiger partial charge in [-0.1, -0.05) is 31.5 Å². The zero-order valence-corrected chi connectivity index (χ0v) is 17.9. The number of ether oxygens (including phenoxy) is 2. The molecule has 0 aromatic heterocycles. The number of carbonyl (C=O) groups is 3. The first-order valence-corrected chi connectivity index (χ1v) is 10.1. The highest BCUT2D eigenvalue weighted by Gasteiger charge is 2.63. The highest BCUT2D eigenvalue weighted by atomic mass is 16.5. The predicted octanol–water partition coefficient (Wildman–Crippen LogP) is 2.90. The standard InChI is InChI=1S/C23H26N2O5/c1-6-29-20(27)17-19(24)30-15-10-22(4,5)9-14(26)16(15)23(17)13-8-11(2)7-12(3)18(13)25-21(23)28/h7-8H,6,9-10,24H2,1-5H3,(H,25,28). The van der Waals surface area contributed by atoms with E-state index >= 15 is 0 Å². The molecule has 3 N–H and O–H groups in total. The van der Waals surface area contributed by atoms with Gasteiger partial charge in [0.25, 0.3) is 0 Å². The molecule has 158 valence electrons. The number of allylic oxidation sites excluding steroid dienone is 1. The van der Waals surface area contributed by atoms with Gasteiger partial charge in [-0.25, -0.2) is 4.79 Å². The Hall–Kier alpha value is -3.09. The topological polar surface area (TPSA) is 108 Å². The summed E-state index contributed by atoms with van der Waals surface area (Å²) in [6, 6.07) is 3.77. The summed E-state index contributed by atoms with van der Waals surface area (Å²) < 4.78 is 11.1. The highest BCUT2D eigenvalue weighted by Crippen LogP contribution is 2.56.